The van der Waals surface area contributed by atoms with Gasteiger partial charge in [-0.3, -0.25) is 0 Å². The second kappa shape index (κ2) is 3.46. The van der Waals surface area contributed by atoms with Gasteiger partial charge < -0.3 is 14.3 Å². The highest BCUT2D eigenvalue weighted by molar-refractivity contribution is 9.10. The zero-order valence-corrected chi connectivity index (χ0v) is 8.74. The van der Waals surface area contributed by atoms with Crippen LogP contribution in [0.15, 0.2) is 27.3 Å². The quantitative estimate of drug-likeness (QED) is 0.839. The highest BCUT2D eigenvalue weighted by atomic mass is 79.9. The molecule has 0 amide bonds. The fraction of sp³-hybridized carbons (Fsp3) is 0.100. The molecule has 1 aromatic carbocycles. The molecular formula is C10H7BrO3. The average molecular weight is 255 g/mol. The summed E-state index contributed by atoms with van der Waals surface area (Å²) in [4.78, 5) is 10.3. The summed E-state index contributed by atoms with van der Waals surface area (Å²) in [7, 11) is 0. The van der Waals surface area contributed by atoms with Crippen molar-refractivity contribution in [1.29, 1.82) is 0 Å². The highest BCUT2D eigenvalue weighted by Crippen LogP contribution is 2.29. The van der Waals surface area contributed by atoms with E-state index in [-0.39, 0.29) is 12.2 Å². The monoisotopic (exact) mass is 254 g/mol. The lowest BCUT2D eigenvalue weighted by atomic mass is 10.1. The zero-order valence-electron chi connectivity index (χ0n) is 7.16. The van der Waals surface area contributed by atoms with Crippen molar-refractivity contribution in [2.24, 2.45) is 0 Å². The summed E-state index contributed by atoms with van der Waals surface area (Å²) in [5, 5.41) is 10.3. The summed E-state index contributed by atoms with van der Waals surface area (Å²) in [6.07, 6.45) is 0.943. The molecule has 3 nitrogen and oxygen atoms in total. The Morgan fingerprint density at radius 1 is 1.43 bits per heavy atom. The molecule has 0 saturated carbocycles. The minimum Gasteiger partial charge on any atom is -0.508 e. The first kappa shape index (κ1) is 9.27. The third kappa shape index (κ3) is 1.53. The molecule has 1 aromatic heterocycles. The summed E-state index contributed by atoms with van der Waals surface area (Å²) >= 11 is 3.19. The smallest absolute Gasteiger partial charge is 0.170 e. The van der Waals surface area contributed by atoms with E-state index in [1.54, 1.807) is 18.2 Å². The van der Waals surface area contributed by atoms with Gasteiger partial charge in [0.1, 0.15) is 17.6 Å². The summed E-state index contributed by atoms with van der Waals surface area (Å²) in [5.74, 6) is 0.123. The van der Waals surface area contributed by atoms with Crippen molar-refractivity contribution < 1.29 is 14.3 Å². The number of hydrogen-bond acceptors (Lipinski definition) is 3. The van der Waals surface area contributed by atoms with Gasteiger partial charge >= 0.3 is 0 Å². The number of phenolic OH excluding ortho intramolecular Hbond substituents is 1. The number of aldehydes is 1. The lowest BCUT2D eigenvalue weighted by molar-refractivity contribution is -0.107. The van der Waals surface area contributed by atoms with E-state index >= 15 is 0 Å². The van der Waals surface area contributed by atoms with Crippen molar-refractivity contribution in [3.05, 3.63) is 28.4 Å². The Hall–Kier alpha value is -1.29. The zero-order chi connectivity index (χ0) is 10.1. The number of carbonyl (C=O) groups is 1. The molecule has 14 heavy (non-hydrogen) atoms. The molecule has 1 heterocycles. The number of aromatic hydroxyl groups is 1. The van der Waals surface area contributed by atoms with E-state index in [4.69, 9.17) is 4.42 Å². The van der Waals surface area contributed by atoms with Gasteiger partial charge in [-0.1, -0.05) is 0 Å². The first-order valence-electron chi connectivity index (χ1n) is 4.05. The Kier molecular flexibility index (Phi) is 2.29. The first-order chi connectivity index (χ1) is 6.70. The number of carbonyl (C=O) groups excluding carboxylic acids is 1. The van der Waals surface area contributed by atoms with E-state index in [2.05, 4.69) is 15.9 Å². The summed E-state index contributed by atoms with van der Waals surface area (Å²) < 4.78 is 5.91. The summed E-state index contributed by atoms with van der Waals surface area (Å²) in [6.45, 7) is 0. The first-order valence-corrected chi connectivity index (χ1v) is 4.84. The number of halogens is 1. The van der Waals surface area contributed by atoms with Crippen LogP contribution in [0.1, 0.15) is 5.56 Å². The van der Waals surface area contributed by atoms with Crippen LogP contribution < -0.4 is 0 Å². The van der Waals surface area contributed by atoms with Gasteiger partial charge in [0.15, 0.2) is 4.67 Å². The van der Waals surface area contributed by atoms with Crippen LogP contribution in [0.4, 0.5) is 0 Å². The van der Waals surface area contributed by atoms with Crippen molar-refractivity contribution >= 4 is 33.2 Å². The second-order valence-corrected chi connectivity index (χ2v) is 3.72. The molecule has 0 spiro atoms. The fourth-order valence-electron chi connectivity index (χ4n) is 1.34. The number of benzene rings is 1. The van der Waals surface area contributed by atoms with E-state index in [9.17, 15) is 9.90 Å². The molecule has 0 aliphatic carbocycles. The molecule has 0 radical (unpaired) electrons. The molecule has 0 saturated heterocycles. The molecule has 1 N–H and O–H groups in total. The number of hydrogen-bond donors (Lipinski definition) is 1. The van der Waals surface area contributed by atoms with Gasteiger partial charge in [0, 0.05) is 17.4 Å². The van der Waals surface area contributed by atoms with E-state index in [1.807, 2.05) is 0 Å². The van der Waals surface area contributed by atoms with Crippen LogP contribution in [-0.2, 0) is 11.2 Å². The highest BCUT2D eigenvalue weighted by Gasteiger charge is 2.07. The minimum atomic E-state index is 0.123. The minimum absolute atomic E-state index is 0.123. The lowest BCUT2D eigenvalue weighted by Crippen LogP contribution is -1.85. The van der Waals surface area contributed by atoms with Crippen LogP contribution in [0.5, 0.6) is 5.75 Å². The SMILES string of the molecule is O=CCc1cc2oc(Br)cc2cc1O. The lowest BCUT2D eigenvalue weighted by Gasteiger charge is -1.99. The third-order valence-corrected chi connectivity index (χ3v) is 2.38. The fourth-order valence-corrected chi connectivity index (χ4v) is 1.76. The second-order valence-electron chi connectivity index (χ2n) is 2.94. The van der Waals surface area contributed by atoms with Crippen LogP contribution in [0, 0.1) is 0 Å². The maximum absolute atomic E-state index is 10.3. The van der Waals surface area contributed by atoms with Gasteiger partial charge in [-0.2, -0.15) is 0 Å². The predicted molar refractivity (Wildman–Crippen MR) is 55.3 cm³/mol. The molecule has 0 bridgehead atoms. The van der Waals surface area contributed by atoms with Crippen LogP contribution in [0.25, 0.3) is 11.0 Å². The number of furan rings is 1. The maximum Gasteiger partial charge on any atom is 0.170 e. The third-order valence-electron chi connectivity index (χ3n) is 1.99. The average Bonchev–Trinajstić information content (AvgIpc) is 2.45. The largest absolute Gasteiger partial charge is 0.508 e. The van der Waals surface area contributed by atoms with Crippen molar-refractivity contribution in [1.82, 2.24) is 0 Å². The topological polar surface area (TPSA) is 50.4 Å². The number of phenols is 1. The number of fused-ring (bicyclic) bond motifs is 1. The Labute approximate surface area is 88.5 Å². The van der Waals surface area contributed by atoms with Crippen LogP contribution >= 0.6 is 15.9 Å². The normalized spacial score (nSPS) is 10.6. The van der Waals surface area contributed by atoms with Crippen LogP contribution in [0.3, 0.4) is 0 Å². The molecule has 4 heteroatoms. The van der Waals surface area contributed by atoms with E-state index < -0.39 is 0 Å². The Balaban J connectivity index is 2.63. The van der Waals surface area contributed by atoms with Crippen LogP contribution in [-0.4, -0.2) is 11.4 Å². The predicted octanol–water partition coefficient (Wildman–Crippen LogP) is 2.64. The van der Waals surface area contributed by atoms with Gasteiger partial charge in [-0.15, -0.1) is 0 Å². The molecule has 0 fully saturated rings. The molecule has 0 unspecified atom stereocenters. The van der Waals surface area contributed by atoms with E-state index in [0.717, 1.165) is 11.7 Å². The van der Waals surface area contributed by atoms with Crippen molar-refractivity contribution in [3.8, 4) is 5.75 Å². The van der Waals surface area contributed by atoms with Crippen molar-refractivity contribution in [2.45, 2.75) is 6.42 Å². The summed E-state index contributed by atoms with van der Waals surface area (Å²) in [6, 6.07) is 5.02. The Morgan fingerprint density at radius 3 is 2.93 bits per heavy atom. The van der Waals surface area contributed by atoms with Crippen molar-refractivity contribution in [3.63, 3.8) is 0 Å². The van der Waals surface area contributed by atoms with E-state index in [0.29, 0.717) is 15.8 Å². The van der Waals surface area contributed by atoms with Gasteiger partial charge in [-0.05, 0) is 34.1 Å². The molecule has 72 valence electrons. The molecule has 0 atom stereocenters. The van der Waals surface area contributed by atoms with Gasteiger partial charge in [0.2, 0.25) is 0 Å². The molecule has 2 aromatic rings. The molecule has 2 rings (SSSR count). The van der Waals surface area contributed by atoms with Crippen molar-refractivity contribution in [2.75, 3.05) is 0 Å². The molecule has 0 aliphatic heterocycles. The maximum atomic E-state index is 10.3. The van der Waals surface area contributed by atoms with Crippen LogP contribution in [0.2, 0.25) is 0 Å². The standard InChI is InChI=1S/C10H7BrO3/c11-10-5-7-3-8(13)6(1-2-12)4-9(7)14-10/h2-5,13H,1H2. The Morgan fingerprint density at radius 2 is 2.21 bits per heavy atom. The van der Waals surface area contributed by atoms with Gasteiger partial charge in [0.25, 0.3) is 0 Å². The number of rotatable bonds is 2. The molecular weight excluding hydrogens is 248 g/mol. The summed E-state index contributed by atoms with van der Waals surface area (Å²) in [5.41, 5.74) is 1.24. The van der Waals surface area contributed by atoms with Gasteiger partial charge in [0.05, 0.1) is 0 Å². The van der Waals surface area contributed by atoms with Gasteiger partial charge in [-0.25, -0.2) is 0 Å². The molecule has 0 aliphatic rings. The Bertz CT molecular complexity index is 487. The van der Waals surface area contributed by atoms with E-state index in [1.165, 1.54) is 0 Å².